The molecule has 1 unspecified atom stereocenters. The topological polar surface area (TPSA) is 38.0 Å². The van der Waals surface area contributed by atoms with E-state index >= 15 is 0 Å². The molecule has 4 heteroatoms. The first-order valence-electron chi connectivity index (χ1n) is 6.07. The number of hydrogen-bond donors (Lipinski definition) is 2. The van der Waals surface area contributed by atoms with Crippen LogP contribution in [0.3, 0.4) is 0 Å². The zero-order valence-electron chi connectivity index (χ0n) is 10.7. The second-order valence-corrected chi connectivity index (χ2v) is 4.57. The Morgan fingerprint density at radius 1 is 1.16 bits per heavy atom. The van der Waals surface area contributed by atoms with E-state index in [1.807, 2.05) is 31.2 Å². The maximum Gasteiger partial charge on any atom is 0.126 e. The van der Waals surface area contributed by atoms with Crippen molar-refractivity contribution in [2.24, 2.45) is 5.84 Å². The average Bonchev–Trinajstić information content (AvgIpc) is 2.39. The van der Waals surface area contributed by atoms with E-state index < -0.39 is 11.6 Å². The molecular weight excluding hydrogens is 246 g/mol. The molecule has 0 fully saturated rings. The number of benzene rings is 2. The summed E-state index contributed by atoms with van der Waals surface area (Å²) in [5.41, 5.74) is 5.01. The maximum absolute atomic E-state index is 13.6. The van der Waals surface area contributed by atoms with Crippen LogP contribution in [0.25, 0.3) is 0 Å². The van der Waals surface area contributed by atoms with Crippen molar-refractivity contribution in [3.8, 4) is 0 Å². The van der Waals surface area contributed by atoms with Gasteiger partial charge in [-0.1, -0.05) is 29.8 Å². The first kappa shape index (κ1) is 13.6. The highest BCUT2D eigenvalue weighted by Crippen LogP contribution is 2.21. The fraction of sp³-hybridized carbons (Fsp3) is 0.200. The third kappa shape index (κ3) is 3.36. The van der Waals surface area contributed by atoms with E-state index in [2.05, 4.69) is 5.43 Å². The van der Waals surface area contributed by atoms with Crippen molar-refractivity contribution < 1.29 is 8.78 Å². The summed E-state index contributed by atoms with van der Waals surface area (Å²) in [5, 5.41) is 0. The van der Waals surface area contributed by atoms with Gasteiger partial charge in [-0.3, -0.25) is 11.3 Å². The van der Waals surface area contributed by atoms with Gasteiger partial charge in [0, 0.05) is 0 Å². The van der Waals surface area contributed by atoms with Gasteiger partial charge in [0.15, 0.2) is 0 Å². The molecule has 100 valence electrons. The number of nitrogens with two attached hydrogens (primary N) is 1. The number of rotatable bonds is 4. The third-order valence-corrected chi connectivity index (χ3v) is 3.08. The zero-order chi connectivity index (χ0) is 13.8. The summed E-state index contributed by atoms with van der Waals surface area (Å²) >= 11 is 0. The molecule has 0 aliphatic heterocycles. The Hall–Kier alpha value is -1.78. The van der Waals surface area contributed by atoms with Crippen LogP contribution in [0.4, 0.5) is 8.78 Å². The molecule has 0 saturated carbocycles. The first-order chi connectivity index (χ1) is 9.10. The molecule has 2 rings (SSSR count). The Kier molecular flexibility index (Phi) is 4.24. The van der Waals surface area contributed by atoms with E-state index in [1.54, 1.807) is 0 Å². The molecule has 0 aromatic heterocycles. The van der Waals surface area contributed by atoms with E-state index in [0.717, 1.165) is 23.3 Å². The molecule has 19 heavy (non-hydrogen) atoms. The predicted molar refractivity (Wildman–Crippen MR) is 71.3 cm³/mol. The van der Waals surface area contributed by atoms with Gasteiger partial charge in [-0.15, -0.1) is 0 Å². The van der Waals surface area contributed by atoms with Crippen LogP contribution >= 0.6 is 0 Å². The molecule has 2 nitrogen and oxygen atoms in total. The lowest BCUT2D eigenvalue weighted by Crippen LogP contribution is -2.29. The largest absolute Gasteiger partial charge is 0.271 e. The average molecular weight is 262 g/mol. The lowest BCUT2D eigenvalue weighted by Gasteiger charge is -2.17. The molecule has 0 saturated heterocycles. The van der Waals surface area contributed by atoms with Crippen LogP contribution in [0.15, 0.2) is 42.5 Å². The van der Waals surface area contributed by atoms with Crippen LogP contribution in [0.2, 0.25) is 0 Å². The zero-order valence-corrected chi connectivity index (χ0v) is 10.7. The normalized spacial score (nSPS) is 12.4. The lowest BCUT2D eigenvalue weighted by atomic mass is 9.98. The molecule has 0 heterocycles. The van der Waals surface area contributed by atoms with Crippen molar-refractivity contribution in [3.05, 3.63) is 70.8 Å². The molecule has 0 aliphatic carbocycles. The van der Waals surface area contributed by atoms with Crippen LogP contribution < -0.4 is 11.3 Å². The molecule has 0 radical (unpaired) electrons. The van der Waals surface area contributed by atoms with Crippen molar-refractivity contribution in [1.82, 2.24) is 5.43 Å². The summed E-state index contributed by atoms with van der Waals surface area (Å²) in [5.74, 6) is 4.65. The summed E-state index contributed by atoms with van der Waals surface area (Å²) in [6.45, 7) is 1.97. The van der Waals surface area contributed by atoms with Crippen LogP contribution in [0, 0.1) is 18.6 Å². The number of aryl methyl sites for hydroxylation is 1. The standard InChI is InChI=1S/C15H16F2N2/c1-10-3-2-4-11(7-10)15(19-18)9-12-8-13(16)5-6-14(12)17/h2-8,15,19H,9,18H2,1H3. The highest BCUT2D eigenvalue weighted by molar-refractivity contribution is 5.28. The third-order valence-electron chi connectivity index (χ3n) is 3.08. The smallest absolute Gasteiger partial charge is 0.126 e. The molecule has 2 aromatic carbocycles. The van der Waals surface area contributed by atoms with E-state index in [0.29, 0.717) is 12.0 Å². The van der Waals surface area contributed by atoms with Gasteiger partial charge in [0.25, 0.3) is 0 Å². The number of hydrazine groups is 1. The Balaban J connectivity index is 2.26. The Morgan fingerprint density at radius 2 is 1.95 bits per heavy atom. The van der Waals surface area contributed by atoms with Gasteiger partial charge >= 0.3 is 0 Å². The predicted octanol–water partition coefficient (Wildman–Crippen LogP) is 3.02. The summed E-state index contributed by atoms with van der Waals surface area (Å²) in [4.78, 5) is 0. The minimum absolute atomic E-state index is 0.254. The molecule has 2 aromatic rings. The molecule has 1 atom stereocenters. The fourth-order valence-electron chi connectivity index (χ4n) is 2.08. The van der Waals surface area contributed by atoms with Crippen molar-refractivity contribution in [3.63, 3.8) is 0 Å². The molecule has 0 amide bonds. The van der Waals surface area contributed by atoms with Crippen LogP contribution in [0.5, 0.6) is 0 Å². The van der Waals surface area contributed by atoms with Crippen LogP contribution in [-0.4, -0.2) is 0 Å². The van der Waals surface area contributed by atoms with E-state index in [1.165, 1.54) is 6.07 Å². The Morgan fingerprint density at radius 3 is 2.63 bits per heavy atom. The van der Waals surface area contributed by atoms with Gasteiger partial charge in [0.2, 0.25) is 0 Å². The highest BCUT2D eigenvalue weighted by atomic mass is 19.1. The minimum Gasteiger partial charge on any atom is -0.271 e. The number of halogens is 2. The van der Waals surface area contributed by atoms with Crippen molar-refractivity contribution >= 4 is 0 Å². The van der Waals surface area contributed by atoms with E-state index in [-0.39, 0.29) is 6.04 Å². The van der Waals surface area contributed by atoms with Gasteiger partial charge in [0.05, 0.1) is 6.04 Å². The lowest BCUT2D eigenvalue weighted by molar-refractivity contribution is 0.522. The molecule has 0 bridgehead atoms. The van der Waals surface area contributed by atoms with Gasteiger partial charge < -0.3 is 0 Å². The monoisotopic (exact) mass is 262 g/mol. The van der Waals surface area contributed by atoms with Crippen molar-refractivity contribution in [2.45, 2.75) is 19.4 Å². The minimum atomic E-state index is -0.448. The highest BCUT2D eigenvalue weighted by Gasteiger charge is 2.14. The van der Waals surface area contributed by atoms with Gasteiger partial charge in [0.1, 0.15) is 11.6 Å². The van der Waals surface area contributed by atoms with Crippen molar-refractivity contribution in [2.75, 3.05) is 0 Å². The number of hydrogen-bond acceptors (Lipinski definition) is 2. The van der Waals surface area contributed by atoms with Crippen LogP contribution in [0.1, 0.15) is 22.7 Å². The molecule has 0 spiro atoms. The number of nitrogens with one attached hydrogen (secondary N) is 1. The Bertz CT molecular complexity index is 570. The van der Waals surface area contributed by atoms with E-state index in [9.17, 15) is 8.78 Å². The van der Waals surface area contributed by atoms with E-state index in [4.69, 9.17) is 5.84 Å². The molecular formula is C15H16F2N2. The molecule has 0 aliphatic rings. The van der Waals surface area contributed by atoms with Gasteiger partial charge in [-0.05, 0) is 42.7 Å². The fourth-order valence-corrected chi connectivity index (χ4v) is 2.08. The summed E-state index contributed by atoms with van der Waals surface area (Å²) in [6, 6.07) is 11.0. The maximum atomic E-state index is 13.6. The second-order valence-electron chi connectivity index (χ2n) is 4.57. The van der Waals surface area contributed by atoms with Crippen LogP contribution in [-0.2, 0) is 6.42 Å². The second kappa shape index (κ2) is 5.91. The first-order valence-corrected chi connectivity index (χ1v) is 6.07. The van der Waals surface area contributed by atoms with Crippen molar-refractivity contribution in [1.29, 1.82) is 0 Å². The summed E-state index contributed by atoms with van der Waals surface area (Å²) in [6.07, 6.45) is 0.295. The summed E-state index contributed by atoms with van der Waals surface area (Å²) in [7, 11) is 0. The molecule has 3 N–H and O–H groups in total. The Labute approximate surface area is 111 Å². The van der Waals surface area contributed by atoms with Gasteiger partial charge in [-0.25, -0.2) is 8.78 Å². The SMILES string of the molecule is Cc1cccc(C(Cc2cc(F)ccc2F)NN)c1. The quantitative estimate of drug-likeness (QED) is 0.656. The summed E-state index contributed by atoms with van der Waals surface area (Å²) < 4.78 is 26.8. The van der Waals surface area contributed by atoms with Gasteiger partial charge in [-0.2, -0.15) is 0 Å².